The number of thiazole rings is 1. The molecule has 1 aromatic carbocycles. The summed E-state index contributed by atoms with van der Waals surface area (Å²) in [5, 5.41) is 6.05. The second-order valence-corrected chi connectivity index (χ2v) is 8.71. The number of anilines is 1. The minimum atomic E-state index is -3.38. The molecule has 0 aliphatic carbocycles. The molecule has 3 rings (SSSR count). The lowest BCUT2D eigenvalue weighted by molar-refractivity contribution is 0.424. The van der Waals surface area contributed by atoms with Gasteiger partial charge < -0.3 is 5.32 Å². The maximum Gasteiger partial charge on any atom is 0.243 e. The van der Waals surface area contributed by atoms with E-state index >= 15 is 0 Å². The lowest BCUT2D eigenvalue weighted by Gasteiger charge is -2.19. The van der Waals surface area contributed by atoms with Crippen LogP contribution in [0.1, 0.15) is 32.6 Å². The fraction of sp³-hybridized carbons (Fsp3) is 0.471. The van der Waals surface area contributed by atoms with Crippen molar-refractivity contribution in [2.45, 2.75) is 37.5 Å². The van der Waals surface area contributed by atoms with Crippen LogP contribution in [-0.4, -0.2) is 37.3 Å². The van der Waals surface area contributed by atoms with Gasteiger partial charge in [0.25, 0.3) is 0 Å². The van der Waals surface area contributed by atoms with E-state index < -0.39 is 10.0 Å². The molecule has 1 fully saturated rings. The molecule has 2 aromatic rings. The van der Waals surface area contributed by atoms with Crippen molar-refractivity contribution in [3.8, 4) is 11.3 Å². The van der Waals surface area contributed by atoms with E-state index in [9.17, 15) is 8.42 Å². The van der Waals surface area contributed by atoms with Gasteiger partial charge in [0, 0.05) is 30.6 Å². The number of hydrogen-bond donors (Lipinski definition) is 1. The molecule has 0 spiro atoms. The molecule has 0 unspecified atom stereocenters. The van der Waals surface area contributed by atoms with E-state index in [1.165, 1.54) is 0 Å². The molecule has 0 bridgehead atoms. The second-order valence-electron chi connectivity index (χ2n) is 5.91. The topological polar surface area (TPSA) is 62.3 Å². The van der Waals surface area contributed by atoms with Crippen LogP contribution in [0.4, 0.5) is 5.13 Å². The van der Waals surface area contributed by atoms with Gasteiger partial charge in [0.1, 0.15) is 0 Å². The van der Waals surface area contributed by atoms with Gasteiger partial charge in [-0.1, -0.05) is 25.0 Å². The highest BCUT2D eigenvalue weighted by Gasteiger charge is 2.25. The normalized spacial score (nSPS) is 16.7. The van der Waals surface area contributed by atoms with Gasteiger partial charge in [0.2, 0.25) is 10.0 Å². The van der Waals surface area contributed by atoms with Crippen LogP contribution in [0.25, 0.3) is 11.3 Å². The molecule has 1 aromatic heterocycles. The molecular formula is C17H23N3O2S2. The smallest absolute Gasteiger partial charge is 0.243 e. The van der Waals surface area contributed by atoms with Gasteiger partial charge in [-0.05, 0) is 31.9 Å². The third-order valence-electron chi connectivity index (χ3n) is 4.19. The summed E-state index contributed by atoms with van der Waals surface area (Å²) in [6, 6.07) is 7.08. The Balaban J connectivity index is 1.80. The van der Waals surface area contributed by atoms with Crippen molar-refractivity contribution in [1.29, 1.82) is 0 Å². The monoisotopic (exact) mass is 365 g/mol. The summed E-state index contributed by atoms with van der Waals surface area (Å²) in [6.07, 6.45) is 4.12. The first-order chi connectivity index (χ1) is 11.6. The minimum absolute atomic E-state index is 0.371. The Hall–Kier alpha value is -1.44. The molecule has 2 heterocycles. The van der Waals surface area contributed by atoms with E-state index in [1.807, 2.05) is 24.4 Å². The largest absolute Gasteiger partial charge is 0.362 e. The number of nitrogens with one attached hydrogen (secondary N) is 1. The maximum absolute atomic E-state index is 12.8. The van der Waals surface area contributed by atoms with Crippen LogP contribution in [0, 0.1) is 0 Å². The van der Waals surface area contributed by atoms with Crippen molar-refractivity contribution < 1.29 is 8.42 Å². The minimum Gasteiger partial charge on any atom is -0.362 e. The van der Waals surface area contributed by atoms with Gasteiger partial charge in [-0.3, -0.25) is 0 Å². The second kappa shape index (κ2) is 7.63. The Labute approximate surface area is 147 Å². The van der Waals surface area contributed by atoms with Gasteiger partial charge in [0.15, 0.2) is 5.13 Å². The summed E-state index contributed by atoms with van der Waals surface area (Å²) in [6.45, 7) is 4.12. The molecular weight excluding hydrogens is 342 g/mol. The van der Waals surface area contributed by atoms with Crippen molar-refractivity contribution in [3.05, 3.63) is 29.6 Å². The highest BCUT2D eigenvalue weighted by molar-refractivity contribution is 7.89. The molecule has 0 amide bonds. The maximum atomic E-state index is 12.8. The predicted octanol–water partition coefficient (Wildman–Crippen LogP) is 3.81. The summed E-state index contributed by atoms with van der Waals surface area (Å²) < 4.78 is 27.2. The van der Waals surface area contributed by atoms with Crippen molar-refractivity contribution in [2.75, 3.05) is 25.0 Å². The SMILES string of the molecule is CCNc1nc(-c2ccc(S(=O)(=O)N3CCCCCC3)cc2)cs1. The van der Waals surface area contributed by atoms with Crippen molar-refractivity contribution >= 4 is 26.5 Å². The predicted molar refractivity (Wildman–Crippen MR) is 98.9 cm³/mol. The Bertz CT molecular complexity index is 761. The van der Waals surface area contributed by atoms with Gasteiger partial charge >= 0.3 is 0 Å². The Morgan fingerprint density at radius 1 is 1.12 bits per heavy atom. The first-order valence-corrected chi connectivity index (χ1v) is 10.7. The van der Waals surface area contributed by atoms with Gasteiger partial charge in [0.05, 0.1) is 10.6 Å². The molecule has 1 N–H and O–H groups in total. The number of sulfonamides is 1. The van der Waals surface area contributed by atoms with Crippen LogP contribution in [-0.2, 0) is 10.0 Å². The zero-order chi connectivity index (χ0) is 17.0. The molecule has 1 aliphatic rings. The van der Waals surface area contributed by atoms with Crippen LogP contribution in [0.2, 0.25) is 0 Å². The first-order valence-electron chi connectivity index (χ1n) is 8.41. The lowest BCUT2D eigenvalue weighted by Crippen LogP contribution is -2.31. The van der Waals surface area contributed by atoms with Gasteiger partial charge in [-0.25, -0.2) is 13.4 Å². The highest BCUT2D eigenvalue weighted by atomic mass is 32.2. The summed E-state index contributed by atoms with van der Waals surface area (Å²) in [4.78, 5) is 4.88. The molecule has 0 saturated carbocycles. The van der Waals surface area contributed by atoms with Crippen molar-refractivity contribution in [1.82, 2.24) is 9.29 Å². The summed E-state index contributed by atoms with van der Waals surface area (Å²) in [7, 11) is -3.38. The summed E-state index contributed by atoms with van der Waals surface area (Å²) in [5.74, 6) is 0. The van der Waals surface area contributed by atoms with Crippen LogP contribution in [0.15, 0.2) is 34.5 Å². The molecule has 7 heteroatoms. The Kier molecular flexibility index (Phi) is 5.53. The fourth-order valence-corrected chi connectivity index (χ4v) is 5.18. The molecule has 1 saturated heterocycles. The molecule has 24 heavy (non-hydrogen) atoms. The third-order valence-corrected chi connectivity index (χ3v) is 6.90. The molecule has 0 radical (unpaired) electrons. The zero-order valence-electron chi connectivity index (χ0n) is 13.9. The quantitative estimate of drug-likeness (QED) is 0.875. The van der Waals surface area contributed by atoms with Crippen LogP contribution in [0.5, 0.6) is 0 Å². The molecule has 130 valence electrons. The van der Waals surface area contributed by atoms with Crippen LogP contribution >= 0.6 is 11.3 Å². The van der Waals surface area contributed by atoms with E-state index in [2.05, 4.69) is 10.3 Å². The number of aromatic nitrogens is 1. The van der Waals surface area contributed by atoms with E-state index in [1.54, 1.807) is 27.8 Å². The van der Waals surface area contributed by atoms with Crippen LogP contribution < -0.4 is 5.32 Å². The number of hydrogen-bond acceptors (Lipinski definition) is 5. The number of benzene rings is 1. The first kappa shape index (κ1) is 17.4. The number of rotatable bonds is 5. The highest BCUT2D eigenvalue weighted by Crippen LogP contribution is 2.27. The van der Waals surface area contributed by atoms with Crippen molar-refractivity contribution in [2.24, 2.45) is 0 Å². The van der Waals surface area contributed by atoms with E-state index in [4.69, 9.17) is 0 Å². The lowest BCUT2D eigenvalue weighted by atomic mass is 10.2. The Morgan fingerprint density at radius 2 is 1.79 bits per heavy atom. The standard InChI is InChI=1S/C17H23N3O2S2/c1-2-18-17-19-16(13-23-17)14-7-9-15(10-8-14)24(21,22)20-11-5-3-4-6-12-20/h7-10,13H,2-6,11-12H2,1H3,(H,18,19). The van der Waals surface area contributed by atoms with Gasteiger partial charge in [-0.2, -0.15) is 4.31 Å². The van der Waals surface area contributed by atoms with E-state index in [0.29, 0.717) is 18.0 Å². The average Bonchev–Trinajstić information content (AvgIpc) is 2.87. The van der Waals surface area contributed by atoms with E-state index in [0.717, 1.165) is 48.6 Å². The average molecular weight is 366 g/mol. The molecule has 5 nitrogen and oxygen atoms in total. The zero-order valence-corrected chi connectivity index (χ0v) is 15.5. The summed E-state index contributed by atoms with van der Waals surface area (Å²) in [5.41, 5.74) is 1.81. The molecule has 1 aliphatic heterocycles. The summed E-state index contributed by atoms with van der Waals surface area (Å²) >= 11 is 1.56. The van der Waals surface area contributed by atoms with Crippen LogP contribution in [0.3, 0.4) is 0 Å². The van der Waals surface area contributed by atoms with Crippen molar-refractivity contribution in [3.63, 3.8) is 0 Å². The number of nitrogens with zero attached hydrogens (tertiary/aromatic N) is 2. The Morgan fingerprint density at radius 3 is 2.42 bits per heavy atom. The van der Waals surface area contributed by atoms with E-state index in [-0.39, 0.29) is 0 Å². The fourth-order valence-electron chi connectivity index (χ4n) is 2.87. The van der Waals surface area contributed by atoms with Gasteiger partial charge in [-0.15, -0.1) is 11.3 Å². The molecule has 0 atom stereocenters. The third kappa shape index (κ3) is 3.79.